The second kappa shape index (κ2) is 52.2. The molecule has 4 aliphatic rings. The number of H-pyrrole nitrogens is 2. The van der Waals surface area contributed by atoms with Crippen LogP contribution in [0.25, 0.3) is 75.2 Å². The molecule has 0 saturated carbocycles. The quantitative estimate of drug-likeness (QED) is 0.00369. The van der Waals surface area contributed by atoms with Gasteiger partial charge < -0.3 is 96.3 Å². The summed E-state index contributed by atoms with van der Waals surface area (Å²) in [4.78, 5) is 166. The lowest BCUT2D eigenvalue weighted by Gasteiger charge is -2.37. The Morgan fingerprint density at radius 2 is 0.890 bits per heavy atom. The Labute approximate surface area is 824 Å². The molecular weight excluding hydrogens is 1940 g/mol. The second-order valence-corrected chi connectivity index (χ2v) is 35.2. The van der Waals surface area contributed by atoms with Crippen LogP contribution in [-0.2, 0) is 60.6 Å². The molecule has 18 atom stereocenters. The van der Waals surface area contributed by atoms with Crippen molar-refractivity contribution in [1.82, 2.24) is 92.7 Å². The lowest BCUT2D eigenvalue weighted by Crippen LogP contribution is -2.39. The largest absolute Gasteiger partial charge is 0.541 e. The molecule has 57 heteroatoms. The van der Waals surface area contributed by atoms with E-state index in [9.17, 15) is 59.2 Å². The van der Waals surface area contributed by atoms with Crippen molar-refractivity contribution < 1.29 is 104 Å². The average Bonchev–Trinajstić information content (AvgIpc) is 1.62. The number of hydrogen-bond donors (Lipinski definition) is 7. The molecular formula is C88H99F2N31O22P2-2. The van der Waals surface area contributed by atoms with Crippen LogP contribution in [0.3, 0.4) is 0 Å². The molecule has 145 heavy (non-hydrogen) atoms. The molecule has 0 bridgehead atoms. The summed E-state index contributed by atoms with van der Waals surface area (Å²) in [6, 6.07) is 25.7. The van der Waals surface area contributed by atoms with E-state index in [2.05, 4.69) is 121 Å². The number of amides is 4. The first kappa shape index (κ1) is 109. The van der Waals surface area contributed by atoms with Crippen LogP contribution in [0.1, 0.15) is 128 Å². The van der Waals surface area contributed by atoms with Gasteiger partial charge in [0.2, 0.25) is 36.8 Å². The van der Waals surface area contributed by atoms with Crippen molar-refractivity contribution in [2.45, 2.75) is 192 Å². The molecule has 0 radical (unpaired) electrons. The highest BCUT2D eigenvalue weighted by molar-refractivity contribution is 7.44. The first-order chi connectivity index (χ1) is 69.9. The van der Waals surface area contributed by atoms with E-state index in [0.29, 0.717) is 17.5 Å². The number of alkyl halides is 2. The fourth-order valence-electron chi connectivity index (χ4n) is 14.9. The minimum atomic E-state index is -2.61. The molecule has 4 saturated heterocycles. The highest BCUT2D eigenvalue weighted by atomic mass is 31.2. The Hall–Kier alpha value is -15.2. The first-order valence-electron chi connectivity index (χ1n) is 44.9. The molecule has 53 nitrogen and oxygen atoms in total. The lowest BCUT2D eigenvalue weighted by atomic mass is 10.1. The van der Waals surface area contributed by atoms with E-state index < -0.39 is 176 Å². The van der Waals surface area contributed by atoms with Crippen LogP contribution in [0.5, 0.6) is 0 Å². The molecule has 10 aromatic heterocycles. The molecule has 7 N–H and O–H groups in total. The van der Waals surface area contributed by atoms with E-state index in [-0.39, 0.29) is 125 Å². The number of aliphatic hydroxyl groups is 1. The number of aromatic amines is 2. The van der Waals surface area contributed by atoms with Crippen molar-refractivity contribution >= 4 is 121 Å². The zero-order valence-corrected chi connectivity index (χ0v) is 80.9. The summed E-state index contributed by atoms with van der Waals surface area (Å²) >= 11 is 0. The summed E-state index contributed by atoms with van der Waals surface area (Å²) in [6.45, 7) is 31.3. The number of carbonyl (C=O) groups is 6. The summed E-state index contributed by atoms with van der Waals surface area (Å²) in [7, 11) is -4.38. The molecule has 4 aliphatic heterocycles. The van der Waals surface area contributed by atoms with Gasteiger partial charge in [0.1, 0.15) is 38.1 Å². The number of halogens is 2. The van der Waals surface area contributed by atoms with Crippen molar-refractivity contribution in [3.63, 3.8) is 0 Å². The predicted octanol–water partition coefficient (Wildman–Crippen LogP) is 9.89. The fraction of sp³-hybridized carbons (Fsp3) is 0.432. The van der Waals surface area contributed by atoms with Gasteiger partial charge in [-0.2, -0.15) is 9.97 Å². The monoisotopic (exact) mass is 2040 g/mol. The third-order valence-corrected chi connectivity index (χ3v) is 25.0. The number of imidazole rings is 4. The third-order valence-electron chi connectivity index (χ3n) is 21.7. The van der Waals surface area contributed by atoms with Crippen LogP contribution in [0.15, 0.2) is 180 Å². The number of benzene rings is 2. The lowest BCUT2D eigenvalue weighted by molar-refractivity contribution is -0.291. The Kier molecular flexibility index (Phi) is 39.1. The number of rotatable bonds is 35. The van der Waals surface area contributed by atoms with Crippen molar-refractivity contribution in [3.05, 3.63) is 235 Å². The number of hydrogen-bond acceptors (Lipinski definition) is 37. The van der Waals surface area contributed by atoms with E-state index in [0.717, 1.165) is 6.33 Å². The third kappa shape index (κ3) is 27.2. The number of pyridine rings is 2. The van der Waals surface area contributed by atoms with Crippen molar-refractivity contribution in [3.8, 4) is 0 Å². The van der Waals surface area contributed by atoms with Crippen molar-refractivity contribution in [2.24, 2.45) is 22.1 Å². The number of nitrogens with zero attached hydrogens (tertiary/aromatic N) is 25. The van der Waals surface area contributed by atoms with Gasteiger partial charge in [-0.05, 0) is 100 Å². The van der Waals surface area contributed by atoms with Gasteiger partial charge in [0.15, 0.2) is 93.5 Å². The number of ether oxygens (including phenoxy) is 6. The minimum Gasteiger partial charge on any atom is -0.541 e. The van der Waals surface area contributed by atoms with Gasteiger partial charge >= 0.3 is 8.60 Å². The number of nitrogens with one attached hydrogen (secondary N) is 6. The van der Waals surface area contributed by atoms with Gasteiger partial charge in [-0.1, -0.05) is 100 Å². The van der Waals surface area contributed by atoms with Gasteiger partial charge in [0, 0.05) is 69.7 Å². The number of azide groups is 2. The van der Waals surface area contributed by atoms with E-state index in [4.69, 9.17) is 69.7 Å². The molecule has 764 valence electrons. The zero-order valence-electron chi connectivity index (χ0n) is 79.1. The smallest absolute Gasteiger partial charge is 0.333 e. The number of aromatic nitrogens is 18. The Balaban J connectivity index is 0.000000193. The van der Waals surface area contributed by atoms with E-state index >= 15 is 8.78 Å². The summed E-state index contributed by atoms with van der Waals surface area (Å²) in [6.07, 6.45) is -6.83. The summed E-state index contributed by atoms with van der Waals surface area (Å²) in [5, 5.41) is 50.2. The maximum absolute atomic E-state index is 16.3. The second-order valence-electron chi connectivity index (χ2n) is 32.6. The van der Waals surface area contributed by atoms with Crippen LogP contribution >= 0.6 is 17.1 Å². The fourth-order valence-corrected chi connectivity index (χ4v) is 17.8. The average molecular weight is 2040 g/mol. The normalized spacial score (nSPS) is 21.8. The van der Waals surface area contributed by atoms with Crippen LogP contribution in [0, 0.1) is 25.0 Å². The van der Waals surface area contributed by atoms with Crippen molar-refractivity contribution in [2.75, 3.05) is 60.8 Å². The van der Waals surface area contributed by atoms with Crippen LogP contribution in [-0.4, -0.2) is 259 Å². The summed E-state index contributed by atoms with van der Waals surface area (Å²) in [5.41, 5.74) is 18.3. The maximum atomic E-state index is 16.3. The summed E-state index contributed by atoms with van der Waals surface area (Å²) in [5.74, 6) is -2.54. The molecule has 16 rings (SSSR count). The SMILES string of the molecule is [C-]#[N+]CCOP(OC[C@H]1O[C@@H](n2cnc3c(NC(=O)c4ccccc4)ncnc32)[C@H](OC(=O)[O-])[C@@H]1N=[N+]=[N-])O[C@@H]1[C@H](F)[C@@H](CC)O[C@H]1n1cnc2c(=O)[nH]c(NC(=O)C(C)C)nc21.[C-]#[N+]CCOP(O[C@@H]1[C@H](F)[C@@H](CC)O[C@H]1n1cnc2c(=O)[nH]c(NC(=O)C(C)C)nc21)N(C(C)C)C(C)C.[N-]=[N+]=N[C@H]1[C@@H](OC(=O)[O-])[C@H](n2cnc3c(NC(=O)c4ccccc4)ncnc32)O[C@@H]1CO.c1ccncc1.c1ccncc1. The van der Waals surface area contributed by atoms with Gasteiger partial charge in [0.25, 0.3) is 43.8 Å². The Morgan fingerprint density at radius 3 is 1.26 bits per heavy atom. The molecule has 0 spiro atoms. The molecule has 0 aliphatic carbocycles. The first-order valence-corrected chi connectivity index (χ1v) is 47.1. The van der Waals surface area contributed by atoms with Gasteiger partial charge in [-0.25, -0.2) is 66.5 Å². The Bertz CT molecular complexity index is 6610. The molecule has 2 aromatic carbocycles. The molecule has 4 amide bonds. The molecule has 2 unspecified atom stereocenters. The van der Waals surface area contributed by atoms with Crippen molar-refractivity contribution in [1.29, 1.82) is 0 Å². The van der Waals surface area contributed by atoms with Crippen LogP contribution < -0.4 is 42.6 Å². The standard InChI is InChI=1S/C36H38FN14O11P.C24H37FN7O5P.C18H16N8O6.2C5H5N/c1-5-19-21(37)25(33(59-19)51-16-43-24-29(51)45-35(47-32(24)54)46-30(52)17(2)3)62-63(57-12-11-39-4)58-13-20-22(48-49-38)26(61-36(55)56)34(60-20)50-15-42-23-27(40-14-41-28(23)50)44-31(53)18-9-7-6-8-10-18;1-9-16-17(25)19(37-38(35-11-10-26-8)32(14(4)5)15(6)7)23(36-16)31-12-27-18-20(31)28-24(30-22(18)34)29-21(33)13(2)3;19-25-24-11-10(6-27)31-17(13(11)32-18(29)30)26-8-22-12-14(20-7-21-15(12)26)23-16(28)9-4-2-1-3-5-9;2*1-2-4-6-5-3-1/h6-10,14-17,19-22,25-26,33-34H,5,11-13H2,1-3H3,(H,55,56)(H,40,41,44,53)(H2,45,46,47,52,54);12-17,19,23H,9-11H2,1-7H3,(H2,28,29,30,33,34);1-5,7-8,10-11,13,17,27H,6H2,(H,29,30)(H,20,21,23,28);2*1-5H/p-2/t19-,20-,21-,22-,25-,26-,33-,34-,63?;16-,17-,19-,23-,38?;10-,11-,13-,17-;;/m111../s1. The molecule has 12 aromatic rings. The number of aliphatic hydroxyl groups excluding tert-OH is 1. The summed E-state index contributed by atoms with van der Waals surface area (Å²) < 4.78 is 104. The molecule has 14 heterocycles. The number of carbonyl (C=O) groups excluding carboxylic acids is 6. The maximum Gasteiger partial charge on any atom is 0.333 e. The number of fused-ring (bicyclic) bond motifs is 4. The zero-order chi connectivity index (χ0) is 104. The van der Waals surface area contributed by atoms with Crippen LogP contribution in [0.4, 0.5) is 41.9 Å². The number of anilines is 4. The predicted molar refractivity (Wildman–Crippen MR) is 507 cm³/mol. The molecule has 4 fully saturated rings. The van der Waals surface area contributed by atoms with E-state index in [1.165, 1.54) is 49.9 Å². The highest BCUT2D eigenvalue weighted by Crippen LogP contribution is 2.53. The van der Waals surface area contributed by atoms with Crippen LogP contribution in [0.2, 0.25) is 0 Å². The number of carboxylic acid groups (broad SMARTS) is 2. The topological polar surface area (TPSA) is 668 Å². The Morgan fingerprint density at radius 1 is 0.510 bits per heavy atom. The minimum absolute atomic E-state index is 0.0177. The van der Waals surface area contributed by atoms with Gasteiger partial charge in [-0.15, -0.1) is 0 Å². The van der Waals surface area contributed by atoms with E-state index in [1.807, 2.05) is 75.7 Å². The van der Waals surface area contributed by atoms with Gasteiger partial charge in [-0.3, -0.25) is 77.6 Å². The van der Waals surface area contributed by atoms with Gasteiger partial charge in [0.05, 0.1) is 87.2 Å². The highest BCUT2D eigenvalue weighted by Gasteiger charge is 2.53. The van der Waals surface area contributed by atoms with E-state index in [1.54, 1.807) is 120 Å².